The van der Waals surface area contributed by atoms with Crippen molar-refractivity contribution in [2.75, 3.05) is 0 Å². The van der Waals surface area contributed by atoms with Crippen LogP contribution in [0.5, 0.6) is 0 Å². The summed E-state index contributed by atoms with van der Waals surface area (Å²) in [6.45, 7) is 0. The molecule has 0 saturated heterocycles. The summed E-state index contributed by atoms with van der Waals surface area (Å²) < 4.78 is 0.612. The highest BCUT2D eigenvalue weighted by atomic mass is 79.9. The van der Waals surface area contributed by atoms with Crippen molar-refractivity contribution in [3.05, 3.63) is 68.1 Å². The molecule has 0 amide bonds. The molecule has 1 atom stereocenters. The molecule has 0 aliphatic heterocycles. The van der Waals surface area contributed by atoms with Crippen LogP contribution in [0.3, 0.4) is 0 Å². The molecule has 0 heterocycles. The van der Waals surface area contributed by atoms with Crippen molar-refractivity contribution < 1.29 is 4.79 Å². The van der Waals surface area contributed by atoms with Crippen LogP contribution >= 0.6 is 39.1 Å². The van der Waals surface area contributed by atoms with E-state index in [1.165, 1.54) is 0 Å². The van der Waals surface area contributed by atoms with Crippen molar-refractivity contribution in [1.82, 2.24) is 0 Å². The lowest BCUT2D eigenvalue weighted by Gasteiger charge is -2.12. The molecule has 2 aromatic rings. The first-order valence-corrected chi connectivity index (χ1v) is 7.23. The standard InChI is InChI=1S/C15H8BrCl2NO/c16-12-6-3-5-10(14(12)18)15(20)11(8-19)9-4-1-2-7-13(9)17/h1-7,11H. The molecule has 0 aliphatic rings. The number of hydrogen-bond acceptors (Lipinski definition) is 2. The van der Waals surface area contributed by atoms with Crippen LogP contribution in [-0.4, -0.2) is 5.78 Å². The fraction of sp³-hybridized carbons (Fsp3) is 0.0667. The van der Waals surface area contributed by atoms with Gasteiger partial charge in [0.05, 0.1) is 11.1 Å². The summed E-state index contributed by atoms with van der Waals surface area (Å²) in [4.78, 5) is 12.5. The number of nitrogens with zero attached hydrogens (tertiary/aromatic N) is 1. The van der Waals surface area contributed by atoms with E-state index in [-0.39, 0.29) is 5.78 Å². The molecule has 0 radical (unpaired) electrons. The first-order valence-electron chi connectivity index (χ1n) is 5.68. The molecule has 0 aromatic heterocycles. The van der Waals surface area contributed by atoms with Crippen LogP contribution in [0.1, 0.15) is 21.8 Å². The fourth-order valence-corrected chi connectivity index (χ4v) is 2.66. The first-order chi connectivity index (χ1) is 9.56. The quantitative estimate of drug-likeness (QED) is 0.694. The Hall–Kier alpha value is -1.34. The minimum atomic E-state index is -0.976. The normalized spacial score (nSPS) is 11.7. The van der Waals surface area contributed by atoms with Crippen molar-refractivity contribution in [2.24, 2.45) is 0 Å². The van der Waals surface area contributed by atoms with Crippen LogP contribution in [0.15, 0.2) is 46.9 Å². The highest BCUT2D eigenvalue weighted by Crippen LogP contribution is 2.32. The van der Waals surface area contributed by atoms with Gasteiger partial charge in [0.1, 0.15) is 5.92 Å². The van der Waals surface area contributed by atoms with Gasteiger partial charge in [0.2, 0.25) is 0 Å². The maximum atomic E-state index is 12.5. The van der Waals surface area contributed by atoms with Crippen LogP contribution in [0.2, 0.25) is 10.0 Å². The lowest BCUT2D eigenvalue weighted by atomic mass is 9.92. The Morgan fingerprint density at radius 2 is 1.85 bits per heavy atom. The van der Waals surface area contributed by atoms with E-state index in [0.29, 0.717) is 25.6 Å². The number of ketones is 1. The molecule has 2 nitrogen and oxygen atoms in total. The number of Topliss-reactive ketones (excluding diaryl/α,β-unsaturated/α-hetero) is 1. The predicted molar refractivity (Wildman–Crippen MR) is 83.3 cm³/mol. The molecule has 5 heteroatoms. The van der Waals surface area contributed by atoms with E-state index >= 15 is 0 Å². The number of benzene rings is 2. The summed E-state index contributed by atoms with van der Waals surface area (Å²) in [6.07, 6.45) is 0. The van der Waals surface area contributed by atoms with Crippen molar-refractivity contribution >= 4 is 44.9 Å². The fourth-order valence-electron chi connectivity index (χ4n) is 1.83. The molecule has 100 valence electrons. The van der Waals surface area contributed by atoms with Gasteiger partial charge in [-0.15, -0.1) is 0 Å². The summed E-state index contributed by atoms with van der Waals surface area (Å²) >= 11 is 15.4. The summed E-state index contributed by atoms with van der Waals surface area (Å²) in [6, 6.07) is 13.8. The SMILES string of the molecule is N#CC(C(=O)c1cccc(Br)c1Cl)c1ccccc1Cl. The average Bonchev–Trinajstić information content (AvgIpc) is 2.44. The molecule has 2 rings (SSSR count). The Kier molecular flexibility index (Phi) is 4.82. The van der Waals surface area contributed by atoms with E-state index in [1.54, 1.807) is 42.5 Å². The molecule has 20 heavy (non-hydrogen) atoms. The zero-order valence-electron chi connectivity index (χ0n) is 10.1. The summed E-state index contributed by atoms with van der Waals surface area (Å²) in [5.74, 6) is -1.35. The monoisotopic (exact) mass is 367 g/mol. The zero-order chi connectivity index (χ0) is 14.7. The van der Waals surface area contributed by atoms with E-state index in [0.717, 1.165) is 0 Å². The van der Waals surface area contributed by atoms with Gasteiger partial charge in [0, 0.05) is 15.1 Å². The lowest BCUT2D eigenvalue weighted by Crippen LogP contribution is -2.12. The molecular formula is C15H8BrCl2NO. The highest BCUT2D eigenvalue weighted by Gasteiger charge is 2.25. The largest absolute Gasteiger partial charge is 0.292 e. The minimum absolute atomic E-state index is 0.296. The number of halogens is 3. The molecule has 0 aliphatic carbocycles. The van der Waals surface area contributed by atoms with Crippen molar-refractivity contribution in [3.8, 4) is 6.07 Å². The van der Waals surface area contributed by atoms with Gasteiger partial charge in [0.25, 0.3) is 0 Å². The first kappa shape index (κ1) is 15.1. The Balaban J connectivity index is 2.49. The van der Waals surface area contributed by atoms with Crippen LogP contribution in [0.25, 0.3) is 0 Å². The maximum absolute atomic E-state index is 12.5. The molecule has 2 aromatic carbocycles. The smallest absolute Gasteiger partial charge is 0.186 e. The van der Waals surface area contributed by atoms with Gasteiger partial charge in [-0.05, 0) is 39.7 Å². The van der Waals surface area contributed by atoms with Gasteiger partial charge in [-0.2, -0.15) is 5.26 Å². The van der Waals surface area contributed by atoms with Gasteiger partial charge in [0.15, 0.2) is 5.78 Å². The number of rotatable bonds is 3. The third kappa shape index (κ3) is 2.88. The molecular weight excluding hydrogens is 361 g/mol. The van der Waals surface area contributed by atoms with Crippen LogP contribution in [0, 0.1) is 11.3 Å². The van der Waals surface area contributed by atoms with Crippen LogP contribution in [0.4, 0.5) is 0 Å². The average molecular weight is 369 g/mol. The summed E-state index contributed by atoms with van der Waals surface area (Å²) in [5, 5.41) is 10.00. The molecule has 0 N–H and O–H groups in total. The van der Waals surface area contributed by atoms with Gasteiger partial charge in [-0.1, -0.05) is 47.5 Å². The van der Waals surface area contributed by atoms with Crippen molar-refractivity contribution in [3.63, 3.8) is 0 Å². The second-order valence-corrected chi connectivity index (χ2v) is 5.69. The lowest BCUT2D eigenvalue weighted by molar-refractivity contribution is 0.0979. The Morgan fingerprint density at radius 1 is 1.15 bits per heavy atom. The Labute approximate surface area is 135 Å². The molecule has 0 spiro atoms. The van der Waals surface area contributed by atoms with Gasteiger partial charge in [-0.3, -0.25) is 4.79 Å². The zero-order valence-corrected chi connectivity index (χ0v) is 13.2. The highest BCUT2D eigenvalue weighted by molar-refractivity contribution is 9.10. The topological polar surface area (TPSA) is 40.9 Å². The van der Waals surface area contributed by atoms with E-state index < -0.39 is 5.92 Å². The minimum Gasteiger partial charge on any atom is -0.292 e. The maximum Gasteiger partial charge on any atom is 0.186 e. The van der Waals surface area contributed by atoms with Crippen molar-refractivity contribution in [2.45, 2.75) is 5.92 Å². The Bertz CT molecular complexity index is 709. The second kappa shape index (κ2) is 6.41. The van der Waals surface area contributed by atoms with Crippen LogP contribution in [-0.2, 0) is 0 Å². The number of hydrogen-bond donors (Lipinski definition) is 0. The summed E-state index contributed by atoms with van der Waals surface area (Å²) in [7, 11) is 0. The second-order valence-electron chi connectivity index (χ2n) is 4.05. The third-order valence-corrected chi connectivity index (χ3v) is 4.47. The van der Waals surface area contributed by atoms with Crippen molar-refractivity contribution in [1.29, 1.82) is 5.26 Å². The van der Waals surface area contributed by atoms with Gasteiger partial charge in [-0.25, -0.2) is 0 Å². The van der Waals surface area contributed by atoms with E-state index in [4.69, 9.17) is 23.2 Å². The summed E-state index contributed by atoms with van der Waals surface area (Å²) in [5.41, 5.74) is 0.783. The van der Waals surface area contributed by atoms with Gasteiger partial charge < -0.3 is 0 Å². The molecule has 0 bridgehead atoms. The molecule has 1 unspecified atom stereocenters. The number of carbonyl (C=O) groups is 1. The van der Waals surface area contributed by atoms with E-state index in [2.05, 4.69) is 15.9 Å². The number of nitriles is 1. The molecule has 0 saturated carbocycles. The van der Waals surface area contributed by atoms with E-state index in [9.17, 15) is 10.1 Å². The van der Waals surface area contributed by atoms with E-state index in [1.807, 2.05) is 6.07 Å². The third-order valence-electron chi connectivity index (χ3n) is 2.82. The predicted octanol–water partition coefficient (Wildman–Crippen LogP) is 5.25. The Morgan fingerprint density at radius 3 is 2.50 bits per heavy atom. The molecule has 0 fully saturated rings. The van der Waals surface area contributed by atoms with Gasteiger partial charge >= 0.3 is 0 Å². The number of carbonyl (C=O) groups excluding carboxylic acids is 1. The van der Waals surface area contributed by atoms with Crippen LogP contribution < -0.4 is 0 Å².